The number of amides is 2. The number of carbonyl (C=O) groups is 2. The maximum Gasteiger partial charge on any atom is 0.409 e. The average molecular weight is 428 g/mol. The molecule has 1 fully saturated rings. The Bertz CT molecular complexity index is 951. The minimum absolute atomic E-state index is 0.0335. The number of nitrogens with one attached hydrogen (secondary N) is 3. The van der Waals surface area contributed by atoms with Gasteiger partial charge in [-0.1, -0.05) is 13.3 Å². The molecule has 1 saturated heterocycles. The van der Waals surface area contributed by atoms with Crippen molar-refractivity contribution in [3.63, 3.8) is 0 Å². The van der Waals surface area contributed by atoms with Crippen LogP contribution in [0.3, 0.4) is 0 Å². The SMILES string of the molecule is CCCc1cc(N2CC[C@H](NC(C)=O)C2)nc(Nc2ccc(OC)c(NC(=O)O)c2)n1. The molecule has 0 aliphatic carbocycles. The van der Waals surface area contributed by atoms with Gasteiger partial charge in [-0.05, 0) is 31.0 Å². The van der Waals surface area contributed by atoms with Crippen LogP contribution >= 0.6 is 0 Å². The number of aryl methyl sites for hydroxylation is 1. The molecule has 2 aromatic rings. The second-order valence-corrected chi connectivity index (χ2v) is 7.39. The fourth-order valence-corrected chi connectivity index (χ4v) is 3.59. The molecule has 1 aliphatic heterocycles. The Morgan fingerprint density at radius 1 is 1.29 bits per heavy atom. The molecule has 0 spiro atoms. The van der Waals surface area contributed by atoms with Gasteiger partial charge in [0.1, 0.15) is 11.6 Å². The standard InChI is InChI=1S/C21H28N6O4/c1-4-5-14-11-19(27-9-8-16(12-27)22-13(2)28)26-20(23-14)24-15-6-7-18(31-3)17(10-15)25-21(29)30/h6-7,10-11,16,25H,4-5,8-9,12H2,1-3H3,(H,22,28)(H,29,30)(H,23,24,26)/t16-/m0/s1. The van der Waals surface area contributed by atoms with Gasteiger partial charge in [-0.3, -0.25) is 10.1 Å². The minimum atomic E-state index is -1.18. The summed E-state index contributed by atoms with van der Waals surface area (Å²) in [4.78, 5) is 33.8. The molecule has 166 valence electrons. The number of carboxylic acid groups (broad SMARTS) is 1. The first-order chi connectivity index (χ1) is 14.9. The number of methoxy groups -OCH3 is 1. The van der Waals surface area contributed by atoms with Gasteiger partial charge in [-0.15, -0.1) is 0 Å². The molecule has 2 heterocycles. The Labute approximate surface area is 181 Å². The number of hydrogen-bond donors (Lipinski definition) is 4. The first-order valence-corrected chi connectivity index (χ1v) is 10.2. The molecular formula is C21H28N6O4. The van der Waals surface area contributed by atoms with E-state index in [2.05, 4.69) is 37.7 Å². The zero-order valence-electron chi connectivity index (χ0n) is 17.9. The van der Waals surface area contributed by atoms with Gasteiger partial charge < -0.3 is 25.4 Å². The van der Waals surface area contributed by atoms with Crippen molar-refractivity contribution >= 4 is 35.1 Å². The Balaban J connectivity index is 1.84. The molecule has 0 saturated carbocycles. The van der Waals surface area contributed by atoms with E-state index in [1.54, 1.807) is 18.2 Å². The molecule has 31 heavy (non-hydrogen) atoms. The molecule has 10 nitrogen and oxygen atoms in total. The van der Waals surface area contributed by atoms with Crippen LogP contribution in [0.25, 0.3) is 0 Å². The van der Waals surface area contributed by atoms with Crippen LogP contribution in [0.4, 0.5) is 27.9 Å². The number of rotatable bonds is 8. The summed E-state index contributed by atoms with van der Waals surface area (Å²) in [6, 6.07) is 7.15. The van der Waals surface area contributed by atoms with E-state index >= 15 is 0 Å². The highest BCUT2D eigenvalue weighted by Gasteiger charge is 2.25. The lowest BCUT2D eigenvalue weighted by molar-refractivity contribution is -0.119. The van der Waals surface area contributed by atoms with Gasteiger partial charge in [0.25, 0.3) is 0 Å². The Hall–Kier alpha value is -3.56. The van der Waals surface area contributed by atoms with Gasteiger partial charge >= 0.3 is 6.09 Å². The molecular weight excluding hydrogens is 400 g/mol. The summed E-state index contributed by atoms with van der Waals surface area (Å²) in [5.74, 6) is 1.60. The molecule has 4 N–H and O–H groups in total. The maximum absolute atomic E-state index is 11.4. The predicted molar refractivity (Wildman–Crippen MR) is 118 cm³/mol. The van der Waals surface area contributed by atoms with Gasteiger partial charge in [0.05, 0.1) is 12.8 Å². The normalized spacial score (nSPS) is 15.5. The summed E-state index contributed by atoms with van der Waals surface area (Å²) < 4.78 is 5.21. The number of aromatic nitrogens is 2. The van der Waals surface area contributed by atoms with E-state index < -0.39 is 6.09 Å². The van der Waals surface area contributed by atoms with Crippen LogP contribution in [0.5, 0.6) is 5.75 Å². The lowest BCUT2D eigenvalue weighted by Gasteiger charge is -2.20. The van der Waals surface area contributed by atoms with Crippen LogP contribution in [0.2, 0.25) is 0 Å². The highest BCUT2D eigenvalue weighted by molar-refractivity contribution is 5.86. The van der Waals surface area contributed by atoms with Crippen molar-refractivity contribution in [2.24, 2.45) is 0 Å². The van der Waals surface area contributed by atoms with Crippen molar-refractivity contribution in [3.05, 3.63) is 30.0 Å². The minimum Gasteiger partial charge on any atom is -0.495 e. The van der Waals surface area contributed by atoms with Crippen LogP contribution in [0.1, 0.15) is 32.4 Å². The van der Waals surface area contributed by atoms with Crippen molar-refractivity contribution < 1.29 is 19.4 Å². The number of hydrogen-bond acceptors (Lipinski definition) is 7. The average Bonchev–Trinajstić information content (AvgIpc) is 3.16. The van der Waals surface area contributed by atoms with Gasteiger partial charge in [-0.25, -0.2) is 9.78 Å². The van der Waals surface area contributed by atoms with Crippen molar-refractivity contribution in [2.75, 3.05) is 35.7 Å². The van der Waals surface area contributed by atoms with Crippen molar-refractivity contribution in [1.82, 2.24) is 15.3 Å². The second kappa shape index (κ2) is 9.96. The third kappa shape index (κ3) is 5.97. The number of benzene rings is 1. The van der Waals surface area contributed by atoms with Crippen LogP contribution in [0, 0.1) is 0 Å². The molecule has 0 radical (unpaired) electrons. The smallest absolute Gasteiger partial charge is 0.409 e. The third-order valence-corrected chi connectivity index (χ3v) is 4.89. The molecule has 1 aromatic carbocycles. The summed E-state index contributed by atoms with van der Waals surface area (Å²) in [7, 11) is 1.48. The number of anilines is 4. The third-order valence-electron chi connectivity index (χ3n) is 4.89. The summed E-state index contributed by atoms with van der Waals surface area (Å²) >= 11 is 0. The molecule has 0 bridgehead atoms. The molecule has 3 rings (SSSR count). The van der Waals surface area contributed by atoms with Crippen molar-refractivity contribution in [2.45, 2.75) is 39.2 Å². The van der Waals surface area contributed by atoms with E-state index in [4.69, 9.17) is 9.84 Å². The second-order valence-electron chi connectivity index (χ2n) is 7.39. The monoisotopic (exact) mass is 428 g/mol. The van der Waals surface area contributed by atoms with E-state index in [1.807, 2.05) is 6.07 Å². The molecule has 1 atom stereocenters. The van der Waals surface area contributed by atoms with Gasteiger partial charge in [-0.2, -0.15) is 4.98 Å². The number of nitrogens with zero attached hydrogens (tertiary/aromatic N) is 3. The zero-order chi connectivity index (χ0) is 22.4. The molecule has 1 aromatic heterocycles. The van der Waals surface area contributed by atoms with Gasteiger partial charge in [0, 0.05) is 43.5 Å². The van der Waals surface area contributed by atoms with Crippen LogP contribution < -0.4 is 25.6 Å². The van der Waals surface area contributed by atoms with Crippen LogP contribution in [-0.2, 0) is 11.2 Å². The first kappa shape index (κ1) is 22.1. The fourth-order valence-electron chi connectivity index (χ4n) is 3.59. The van der Waals surface area contributed by atoms with Gasteiger partial charge in [0.15, 0.2) is 0 Å². The first-order valence-electron chi connectivity index (χ1n) is 10.2. The summed E-state index contributed by atoms with van der Waals surface area (Å²) in [5.41, 5.74) is 1.86. The highest BCUT2D eigenvalue weighted by Crippen LogP contribution is 2.29. The molecule has 1 aliphatic rings. The Morgan fingerprint density at radius 3 is 2.77 bits per heavy atom. The number of carbonyl (C=O) groups excluding carboxylic acids is 1. The van der Waals surface area contributed by atoms with E-state index in [1.165, 1.54) is 14.0 Å². The topological polar surface area (TPSA) is 129 Å². The van der Waals surface area contributed by atoms with Crippen LogP contribution in [-0.4, -0.2) is 53.3 Å². The lowest BCUT2D eigenvalue weighted by atomic mass is 10.2. The van der Waals surface area contributed by atoms with Crippen molar-refractivity contribution in [1.29, 1.82) is 0 Å². The van der Waals surface area contributed by atoms with E-state index in [-0.39, 0.29) is 11.9 Å². The quantitative estimate of drug-likeness (QED) is 0.505. The Morgan fingerprint density at radius 2 is 2.10 bits per heavy atom. The van der Waals surface area contributed by atoms with E-state index in [9.17, 15) is 9.59 Å². The Kier molecular flexibility index (Phi) is 7.11. The predicted octanol–water partition coefficient (Wildman–Crippen LogP) is 2.99. The van der Waals surface area contributed by atoms with Gasteiger partial charge in [0.2, 0.25) is 11.9 Å². The maximum atomic E-state index is 11.4. The zero-order valence-corrected chi connectivity index (χ0v) is 17.9. The molecule has 2 amide bonds. The summed E-state index contributed by atoms with van der Waals surface area (Å²) in [5, 5.41) is 17.5. The summed E-state index contributed by atoms with van der Waals surface area (Å²) in [6.45, 7) is 5.10. The van der Waals surface area contributed by atoms with E-state index in [0.717, 1.165) is 37.3 Å². The van der Waals surface area contributed by atoms with Crippen molar-refractivity contribution in [3.8, 4) is 5.75 Å². The molecule has 10 heteroatoms. The summed E-state index contributed by atoms with van der Waals surface area (Å²) in [6.07, 6.45) is 1.43. The molecule has 0 unspecified atom stereocenters. The van der Waals surface area contributed by atoms with Crippen LogP contribution in [0.15, 0.2) is 24.3 Å². The largest absolute Gasteiger partial charge is 0.495 e. The highest BCUT2D eigenvalue weighted by atomic mass is 16.5. The lowest BCUT2D eigenvalue weighted by Crippen LogP contribution is -2.35. The van der Waals surface area contributed by atoms with E-state index in [0.29, 0.717) is 29.6 Å². The number of ether oxygens (including phenoxy) is 1. The fraction of sp³-hybridized carbons (Fsp3) is 0.429.